The number of carbonyl (C=O) groups is 2. The Balaban J connectivity index is 0.00000353. The van der Waals surface area contributed by atoms with Gasteiger partial charge in [0.2, 0.25) is 5.91 Å². The molecule has 1 unspecified atom stereocenters. The Morgan fingerprint density at radius 2 is 1.62 bits per heavy atom. The van der Waals surface area contributed by atoms with Crippen molar-refractivity contribution < 1.29 is 52.6 Å². The Labute approximate surface area is 264 Å². The smallest absolute Gasteiger partial charge is 0.411 e. The molecule has 42 heavy (non-hydrogen) atoms. The van der Waals surface area contributed by atoms with Gasteiger partial charge in [-0.1, -0.05) is 54.6 Å². The fourth-order valence-corrected chi connectivity index (χ4v) is 6.75. The Kier molecular flexibility index (Phi) is 8.94. The molecular weight excluding hydrogens is 645 g/mol. The molecule has 3 N–H and O–H groups in total. The maximum absolute atomic E-state index is 13.2. The van der Waals surface area contributed by atoms with Crippen molar-refractivity contribution in [3.8, 4) is 11.1 Å². The maximum atomic E-state index is 13.2. The van der Waals surface area contributed by atoms with E-state index < -0.39 is 6.09 Å². The highest BCUT2D eigenvalue weighted by atomic mass is 127. The fraction of sp³-hybridized carbons (Fsp3) is 0.394. The maximum Gasteiger partial charge on any atom is 0.411 e. The van der Waals surface area contributed by atoms with E-state index >= 15 is 0 Å². The molecule has 2 bridgehead atoms. The predicted molar refractivity (Wildman–Crippen MR) is 157 cm³/mol. The van der Waals surface area contributed by atoms with Crippen molar-refractivity contribution in [1.82, 2.24) is 0 Å². The summed E-state index contributed by atoms with van der Waals surface area (Å²) in [6.07, 6.45) is 2.43. The van der Waals surface area contributed by atoms with Gasteiger partial charge >= 0.3 is 6.09 Å². The van der Waals surface area contributed by atoms with Gasteiger partial charge in [0, 0.05) is 30.5 Å². The van der Waals surface area contributed by atoms with Crippen LogP contribution in [0.5, 0.6) is 0 Å². The van der Waals surface area contributed by atoms with E-state index in [2.05, 4.69) is 24.7 Å². The van der Waals surface area contributed by atoms with Crippen LogP contribution in [0, 0.1) is 6.92 Å². The summed E-state index contributed by atoms with van der Waals surface area (Å²) < 4.78 is 12.8. The van der Waals surface area contributed by atoms with E-state index in [4.69, 9.17) is 9.47 Å². The number of rotatable bonds is 8. The summed E-state index contributed by atoms with van der Waals surface area (Å²) in [5.74, 6) is -0.0961. The van der Waals surface area contributed by atoms with E-state index in [-0.39, 0.29) is 42.6 Å². The van der Waals surface area contributed by atoms with Crippen LogP contribution in [0.15, 0.2) is 66.7 Å². The first-order chi connectivity index (χ1) is 19.7. The van der Waals surface area contributed by atoms with Gasteiger partial charge in [0.25, 0.3) is 0 Å². The Morgan fingerprint density at radius 1 is 0.929 bits per heavy atom. The minimum absolute atomic E-state index is 0. The van der Waals surface area contributed by atoms with E-state index in [1.165, 1.54) is 0 Å². The van der Waals surface area contributed by atoms with Gasteiger partial charge in [-0.05, 0) is 47.7 Å². The second-order valence-electron chi connectivity index (χ2n) is 12.1. The zero-order valence-electron chi connectivity index (χ0n) is 24.2. The van der Waals surface area contributed by atoms with Crippen LogP contribution in [0.1, 0.15) is 36.0 Å². The molecule has 6 rings (SSSR count). The lowest BCUT2D eigenvalue weighted by Crippen LogP contribution is -3.00. The van der Waals surface area contributed by atoms with Crippen molar-refractivity contribution in [2.24, 2.45) is 0 Å². The zero-order valence-corrected chi connectivity index (χ0v) is 26.3. The molecule has 0 saturated carbocycles. The molecule has 3 aromatic rings. The number of halogens is 1. The molecule has 9 heteroatoms. The zero-order chi connectivity index (χ0) is 28.7. The Hall–Kier alpha value is -2.99. The van der Waals surface area contributed by atoms with Crippen molar-refractivity contribution in [3.05, 3.63) is 83.4 Å². The van der Waals surface area contributed by atoms with Gasteiger partial charge in [-0.2, -0.15) is 0 Å². The first-order valence-corrected chi connectivity index (χ1v) is 14.4. The summed E-state index contributed by atoms with van der Waals surface area (Å²) in [6, 6.07) is 22.0. The highest BCUT2D eigenvalue weighted by molar-refractivity contribution is 5.93. The third-order valence-corrected chi connectivity index (χ3v) is 9.11. The van der Waals surface area contributed by atoms with Crippen LogP contribution in [0.4, 0.5) is 16.2 Å². The van der Waals surface area contributed by atoms with Gasteiger partial charge in [0.1, 0.15) is 30.4 Å². The van der Waals surface area contributed by atoms with E-state index in [1.807, 2.05) is 67.6 Å². The SMILES string of the molecule is Cc1cc(CO)ccc1NC(=O)CCc1ccc(-c2ccccc2)c(NC(=O)OC2C[C@@H]3[C@H]4O[C@H]4[C@H](C2)[N+]3(C)C)c1.[I-]. The molecule has 5 atom stereocenters. The average Bonchev–Trinajstić information content (AvgIpc) is 3.72. The number of fused-ring (bicyclic) bond motifs is 5. The molecule has 222 valence electrons. The molecule has 3 saturated heterocycles. The van der Waals surface area contributed by atoms with Crippen LogP contribution in [0.25, 0.3) is 11.1 Å². The number of nitrogens with one attached hydrogen (secondary N) is 2. The number of epoxide rings is 1. The molecule has 0 spiro atoms. The predicted octanol–water partition coefficient (Wildman–Crippen LogP) is 2.04. The number of amides is 2. The van der Waals surface area contributed by atoms with Crippen LogP contribution in [0.2, 0.25) is 0 Å². The standard InChI is InChI=1S/C33H37N3O5.HI/c1-20-15-22(19-37)10-13-26(20)34-30(38)14-11-21-9-12-25(23-7-5-4-6-8-23)27(16-21)35-33(39)40-24-17-28-31-32(41-31)29(18-24)36(28,2)3;/h4-10,12-13,15-16,24,28-29,31-32,37H,11,14,17-19H2,1-3H3,(H-,34,35,38,39);1H/t24?,28-,29+,31-,32+;. The average molecular weight is 684 g/mol. The normalized spacial score (nSPS) is 24.6. The lowest BCUT2D eigenvalue weighted by atomic mass is 9.96. The quantitative estimate of drug-likeness (QED) is 0.192. The number of nitrogens with zero attached hydrogens (tertiary/aromatic N) is 1. The largest absolute Gasteiger partial charge is 1.00 e. The second kappa shape index (κ2) is 12.3. The molecular formula is C33H38IN3O5. The molecule has 3 heterocycles. The number of ether oxygens (including phenoxy) is 2. The summed E-state index contributed by atoms with van der Waals surface area (Å²) in [5.41, 5.74) is 5.93. The topological polar surface area (TPSA) is 100 Å². The first-order valence-electron chi connectivity index (χ1n) is 14.4. The second-order valence-corrected chi connectivity index (χ2v) is 12.1. The van der Waals surface area contributed by atoms with E-state index in [9.17, 15) is 14.7 Å². The summed E-state index contributed by atoms with van der Waals surface area (Å²) in [7, 11) is 4.51. The lowest BCUT2D eigenvalue weighted by molar-refractivity contribution is -0.938. The van der Waals surface area contributed by atoms with Gasteiger partial charge in [-0.15, -0.1) is 0 Å². The monoisotopic (exact) mass is 683 g/mol. The fourth-order valence-electron chi connectivity index (χ4n) is 6.75. The van der Waals surface area contributed by atoms with E-state index in [1.54, 1.807) is 6.07 Å². The number of benzene rings is 3. The van der Waals surface area contributed by atoms with Gasteiger partial charge in [-0.3, -0.25) is 10.1 Å². The molecule has 2 amide bonds. The van der Waals surface area contributed by atoms with Crippen LogP contribution in [-0.4, -0.2) is 66.1 Å². The van der Waals surface area contributed by atoms with Gasteiger partial charge < -0.3 is 48.4 Å². The molecule has 3 aliphatic heterocycles. The molecule has 0 aromatic heterocycles. The number of hydrogen-bond acceptors (Lipinski definition) is 5. The highest BCUT2D eigenvalue weighted by Gasteiger charge is 2.70. The third kappa shape index (κ3) is 6.20. The number of carbonyl (C=O) groups excluding carboxylic acids is 2. The molecule has 3 aliphatic rings. The number of hydrogen-bond donors (Lipinski definition) is 3. The van der Waals surface area contributed by atoms with E-state index in [0.717, 1.165) is 50.8 Å². The minimum atomic E-state index is -0.454. The first kappa shape index (κ1) is 30.5. The Morgan fingerprint density at radius 3 is 2.29 bits per heavy atom. The minimum Gasteiger partial charge on any atom is -1.00 e. The number of aryl methyl sites for hydroxylation is 2. The highest BCUT2D eigenvalue weighted by Crippen LogP contribution is 2.51. The molecule has 3 fully saturated rings. The van der Waals surface area contributed by atoms with Crippen molar-refractivity contribution in [2.75, 3.05) is 24.7 Å². The number of quaternary nitrogens is 1. The summed E-state index contributed by atoms with van der Waals surface area (Å²) in [4.78, 5) is 25.9. The number of likely N-dealkylation sites (N-methyl/N-ethyl adjacent to an activating group) is 1. The van der Waals surface area contributed by atoms with Crippen molar-refractivity contribution in [3.63, 3.8) is 0 Å². The van der Waals surface area contributed by atoms with E-state index in [0.29, 0.717) is 42.8 Å². The van der Waals surface area contributed by atoms with Gasteiger partial charge in [0.15, 0.2) is 0 Å². The Bertz CT molecular complexity index is 1440. The number of anilines is 2. The van der Waals surface area contributed by atoms with Crippen LogP contribution in [0.3, 0.4) is 0 Å². The van der Waals surface area contributed by atoms with Crippen LogP contribution < -0.4 is 34.6 Å². The van der Waals surface area contributed by atoms with Gasteiger partial charge in [0.05, 0.1) is 26.4 Å². The van der Waals surface area contributed by atoms with Crippen molar-refractivity contribution in [2.45, 2.75) is 69.6 Å². The summed E-state index contributed by atoms with van der Waals surface area (Å²) in [5, 5.41) is 15.3. The molecule has 3 aromatic carbocycles. The van der Waals surface area contributed by atoms with Crippen LogP contribution in [-0.2, 0) is 27.3 Å². The number of morpholine rings is 1. The molecule has 0 radical (unpaired) electrons. The number of piperidine rings is 1. The molecule has 0 aliphatic carbocycles. The lowest BCUT2D eigenvalue weighted by Gasteiger charge is -2.45. The summed E-state index contributed by atoms with van der Waals surface area (Å²) >= 11 is 0. The number of aliphatic hydroxyl groups is 1. The third-order valence-electron chi connectivity index (χ3n) is 9.11. The van der Waals surface area contributed by atoms with Gasteiger partial charge in [-0.25, -0.2) is 4.79 Å². The van der Waals surface area contributed by atoms with Crippen molar-refractivity contribution in [1.29, 1.82) is 0 Å². The van der Waals surface area contributed by atoms with Crippen molar-refractivity contribution >= 4 is 23.4 Å². The molecule has 8 nitrogen and oxygen atoms in total. The summed E-state index contributed by atoms with van der Waals surface area (Å²) in [6.45, 7) is 1.87. The van der Waals surface area contributed by atoms with Crippen LogP contribution >= 0.6 is 0 Å². The number of aliphatic hydroxyl groups excluding tert-OH is 1.